The van der Waals surface area contributed by atoms with Gasteiger partial charge in [-0.2, -0.15) is 0 Å². The average Bonchev–Trinajstić information content (AvgIpc) is 2.64. The van der Waals surface area contributed by atoms with Gasteiger partial charge < -0.3 is 10.7 Å². The van der Waals surface area contributed by atoms with E-state index in [0.29, 0.717) is 0 Å². The molecule has 2 rings (SSSR count). The van der Waals surface area contributed by atoms with E-state index in [1.54, 1.807) is 4.57 Å². The number of aryl methyl sites for hydroxylation is 1. The molecule has 1 aromatic heterocycles. The highest BCUT2D eigenvalue weighted by molar-refractivity contribution is 5.76. The summed E-state index contributed by atoms with van der Waals surface area (Å²) in [4.78, 5) is 14.8. The van der Waals surface area contributed by atoms with Gasteiger partial charge in [-0.05, 0) is 57.4 Å². The quantitative estimate of drug-likeness (QED) is 0.795. The Morgan fingerprint density at radius 3 is 2.78 bits per heavy atom. The first-order chi connectivity index (χ1) is 8.63. The van der Waals surface area contributed by atoms with Gasteiger partial charge in [-0.15, -0.1) is 0 Å². The number of fused-ring (bicyclic) bond motifs is 1. The predicted octanol–water partition coefficient (Wildman–Crippen LogP) is 2.19. The first-order valence-electron chi connectivity index (χ1n) is 6.56. The van der Waals surface area contributed by atoms with Crippen molar-refractivity contribution in [3.63, 3.8) is 0 Å². The number of H-pyrrole nitrogens is 1. The second kappa shape index (κ2) is 5.40. The van der Waals surface area contributed by atoms with Crippen molar-refractivity contribution in [2.75, 3.05) is 6.54 Å². The van der Waals surface area contributed by atoms with Gasteiger partial charge >= 0.3 is 5.69 Å². The van der Waals surface area contributed by atoms with Crippen LogP contribution in [0.5, 0.6) is 0 Å². The minimum atomic E-state index is -0.0286. The predicted molar refractivity (Wildman–Crippen MR) is 74.9 cm³/mol. The molecule has 0 atom stereocenters. The van der Waals surface area contributed by atoms with Gasteiger partial charge in [0.1, 0.15) is 0 Å². The Bertz CT molecular complexity index is 580. The van der Waals surface area contributed by atoms with E-state index in [1.165, 1.54) is 5.56 Å². The van der Waals surface area contributed by atoms with E-state index in [-0.39, 0.29) is 11.7 Å². The standard InChI is InChI=1S/C14H21N3O/c1-10(2)17-13-7-6-11(5-3-4-8-15)9-12(13)16-14(17)18/h6-7,9-10H,3-5,8,15H2,1-2H3,(H,16,18). The fourth-order valence-electron chi connectivity index (χ4n) is 2.32. The Morgan fingerprint density at radius 1 is 1.33 bits per heavy atom. The van der Waals surface area contributed by atoms with Crippen LogP contribution in [0.4, 0.5) is 0 Å². The Hall–Kier alpha value is -1.55. The molecule has 0 saturated heterocycles. The molecule has 0 radical (unpaired) electrons. The van der Waals surface area contributed by atoms with Gasteiger partial charge in [0.2, 0.25) is 0 Å². The van der Waals surface area contributed by atoms with Gasteiger partial charge in [0, 0.05) is 6.04 Å². The molecule has 0 aliphatic carbocycles. The maximum absolute atomic E-state index is 11.8. The summed E-state index contributed by atoms with van der Waals surface area (Å²) < 4.78 is 1.79. The summed E-state index contributed by atoms with van der Waals surface area (Å²) in [6, 6.07) is 6.39. The minimum Gasteiger partial charge on any atom is -0.330 e. The van der Waals surface area contributed by atoms with Crippen molar-refractivity contribution in [3.8, 4) is 0 Å². The SMILES string of the molecule is CC(C)n1c(=O)[nH]c2cc(CCCCN)ccc21. The Kier molecular flexibility index (Phi) is 3.87. The second-order valence-electron chi connectivity index (χ2n) is 4.99. The molecule has 4 heteroatoms. The molecule has 2 aromatic rings. The van der Waals surface area contributed by atoms with Crippen molar-refractivity contribution in [2.24, 2.45) is 5.73 Å². The highest BCUT2D eigenvalue weighted by Crippen LogP contribution is 2.17. The molecular formula is C14H21N3O. The van der Waals surface area contributed by atoms with Crippen molar-refractivity contribution in [2.45, 2.75) is 39.2 Å². The molecule has 1 heterocycles. The van der Waals surface area contributed by atoms with Crippen LogP contribution in [0.25, 0.3) is 11.0 Å². The van der Waals surface area contributed by atoms with Gasteiger partial charge in [0.05, 0.1) is 11.0 Å². The minimum absolute atomic E-state index is 0.0286. The maximum atomic E-state index is 11.8. The number of aromatic amines is 1. The van der Waals surface area contributed by atoms with Crippen LogP contribution in [0.15, 0.2) is 23.0 Å². The van der Waals surface area contributed by atoms with E-state index < -0.39 is 0 Å². The van der Waals surface area contributed by atoms with Gasteiger partial charge in [-0.1, -0.05) is 6.07 Å². The number of unbranched alkanes of at least 4 members (excludes halogenated alkanes) is 1. The van der Waals surface area contributed by atoms with Crippen LogP contribution >= 0.6 is 0 Å². The number of hydrogen-bond acceptors (Lipinski definition) is 2. The van der Waals surface area contributed by atoms with Crippen molar-refractivity contribution in [1.29, 1.82) is 0 Å². The summed E-state index contributed by atoms with van der Waals surface area (Å²) in [5.74, 6) is 0. The zero-order chi connectivity index (χ0) is 13.1. The number of imidazole rings is 1. The van der Waals surface area contributed by atoms with E-state index in [0.717, 1.165) is 36.8 Å². The number of nitrogens with zero attached hydrogens (tertiary/aromatic N) is 1. The molecule has 1 aromatic carbocycles. The normalized spacial score (nSPS) is 11.6. The smallest absolute Gasteiger partial charge is 0.326 e. The highest BCUT2D eigenvalue weighted by atomic mass is 16.1. The third kappa shape index (κ3) is 2.48. The van der Waals surface area contributed by atoms with Crippen molar-refractivity contribution >= 4 is 11.0 Å². The summed E-state index contributed by atoms with van der Waals surface area (Å²) in [5, 5.41) is 0. The van der Waals surface area contributed by atoms with E-state index >= 15 is 0 Å². The van der Waals surface area contributed by atoms with Crippen LogP contribution < -0.4 is 11.4 Å². The molecule has 0 amide bonds. The average molecular weight is 247 g/mol. The fraction of sp³-hybridized carbons (Fsp3) is 0.500. The molecule has 0 spiro atoms. The molecule has 18 heavy (non-hydrogen) atoms. The summed E-state index contributed by atoms with van der Waals surface area (Å²) in [5.41, 5.74) is 8.63. The van der Waals surface area contributed by atoms with Crippen LogP contribution in [-0.2, 0) is 6.42 Å². The van der Waals surface area contributed by atoms with Crippen molar-refractivity contribution < 1.29 is 0 Å². The lowest BCUT2D eigenvalue weighted by Crippen LogP contribution is -2.18. The lowest BCUT2D eigenvalue weighted by molar-refractivity contribution is 0.598. The van der Waals surface area contributed by atoms with Crippen LogP contribution in [0, 0.1) is 0 Å². The van der Waals surface area contributed by atoms with Crippen LogP contribution in [0.1, 0.15) is 38.3 Å². The largest absolute Gasteiger partial charge is 0.330 e. The fourth-order valence-corrected chi connectivity index (χ4v) is 2.32. The Balaban J connectivity index is 2.33. The molecule has 3 N–H and O–H groups in total. The number of nitrogens with one attached hydrogen (secondary N) is 1. The van der Waals surface area contributed by atoms with Crippen LogP contribution in [0.2, 0.25) is 0 Å². The maximum Gasteiger partial charge on any atom is 0.326 e. The number of hydrogen-bond donors (Lipinski definition) is 2. The van der Waals surface area contributed by atoms with Gasteiger partial charge in [0.25, 0.3) is 0 Å². The molecule has 98 valence electrons. The zero-order valence-electron chi connectivity index (χ0n) is 11.1. The topological polar surface area (TPSA) is 63.8 Å². The monoisotopic (exact) mass is 247 g/mol. The number of aromatic nitrogens is 2. The molecular weight excluding hydrogens is 226 g/mol. The molecule has 0 saturated carbocycles. The highest BCUT2D eigenvalue weighted by Gasteiger charge is 2.09. The van der Waals surface area contributed by atoms with E-state index in [4.69, 9.17) is 5.73 Å². The molecule has 0 aliphatic rings. The van der Waals surface area contributed by atoms with E-state index in [1.807, 2.05) is 19.9 Å². The summed E-state index contributed by atoms with van der Waals surface area (Å²) >= 11 is 0. The van der Waals surface area contributed by atoms with E-state index in [2.05, 4.69) is 17.1 Å². The Morgan fingerprint density at radius 2 is 2.11 bits per heavy atom. The molecule has 4 nitrogen and oxygen atoms in total. The van der Waals surface area contributed by atoms with Gasteiger partial charge in [-0.3, -0.25) is 4.57 Å². The number of benzene rings is 1. The lowest BCUT2D eigenvalue weighted by atomic mass is 10.1. The zero-order valence-corrected chi connectivity index (χ0v) is 11.1. The number of nitrogens with two attached hydrogens (primary N) is 1. The summed E-state index contributed by atoms with van der Waals surface area (Å²) in [6.45, 7) is 4.77. The van der Waals surface area contributed by atoms with E-state index in [9.17, 15) is 4.79 Å². The number of rotatable bonds is 5. The van der Waals surface area contributed by atoms with Crippen LogP contribution in [0.3, 0.4) is 0 Å². The second-order valence-corrected chi connectivity index (χ2v) is 4.99. The lowest BCUT2D eigenvalue weighted by Gasteiger charge is -2.07. The molecule has 0 fully saturated rings. The van der Waals surface area contributed by atoms with Crippen LogP contribution in [-0.4, -0.2) is 16.1 Å². The molecule has 0 aliphatic heterocycles. The summed E-state index contributed by atoms with van der Waals surface area (Å²) in [7, 11) is 0. The third-order valence-electron chi connectivity index (χ3n) is 3.22. The third-order valence-corrected chi connectivity index (χ3v) is 3.22. The van der Waals surface area contributed by atoms with Gasteiger partial charge in [0.15, 0.2) is 0 Å². The van der Waals surface area contributed by atoms with Crippen molar-refractivity contribution in [1.82, 2.24) is 9.55 Å². The molecule has 0 bridgehead atoms. The Labute approximate surface area is 107 Å². The first kappa shape index (κ1) is 12.9. The first-order valence-corrected chi connectivity index (χ1v) is 6.56. The molecule has 0 unspecified atom stereocenters. The summed E-state index contributed by atoms with van der Waals surface area (Å²) in [6.07, 6.45) is 3.15. The van der Waals surface area contributed by atoms with Crippen molar-refractivity contribution in [3.05, 3.63) is 34.2 Å². The van der Waals surface area contributed by atoms with Gasteiger partial charge in [-0.25, -0.2) is 4.79 Å².